The fourth-order valence-corrected chi connectivity index (χ4v) is 1.58. The molecule has 17 heavy (non-hydrogen) atoms. The van der Waals surface area contributed by atoms with E-state index in [0.29, 0.717) is 16.3 Å². The van der Waals surface area contributed by atoms with Crippen molar-refractivity contribution in [2.75, 3.05) is 20.3 Å². The molecule has 1 aromatic rings. The van der Waals surface area contributed by atoms with Crippen LogP contribution in [0.1, 0.15) is 18.6 Å². The van der Waals surface area contributed by atoms with Crippen LogP contribution in [0.4, 0.5) is 0 Å². The Morgan fingerprint density at radius 3 is 2.59 bits per heavy atom. The summed E-state index contributed by atoms with van der Waals surface area (Å²) in [5.41, 5.74) is 0.599. The number of hydrogen-bond donors (Lipinski definition) is 2. The van der Waals surface area contributed by atoms with E-state index < -0.39 is 12.2 Å². The van der Waals surface area contributed by atoms with Gasteiger partial charge >= 0.3 is 0 Å². The summed E-state index contributed by atoms with van der Waals surface area (Å²) < 4.78 is 10.2. The third kappa shape index (κ3) is 4.52. The molecule has 2 atom stereocenters. The van der Waals surface area contributed by atoms with Crippen LogP contribution in [0.5, 0.6) is 5.75 Å². The van der Waals surface area contributed by atoms with Gasteiger partial charge in [0.2, 0.25) is 0 Å². The molecule has 0 bridgehead atoms. The zero-order chi connectivity index (χ0) is 12.8. The second-order valence-corrected chi connectivity index (χ2v) is 4.21. The third-order valence-corrected chi connectivity index (χ3v) is 2.45. The summed E-state index contributed by atoms with van der Waals surface area (Å²) in [6.07, 6.45) is -1.37. The highest BCUT2D eigenvalue weighted by atomic mass is 35.5. The smallest absolute Gasteiger partial charge is 0.125 e. The number of halogens is 1. The lowest BCUT2D eigenvalue weighted by Gasteiger charge is -2.16. The Hall–Kier alpha value is -0.810. The van der Waals surface area contributed by atoms with E-state index in [1.807, 2.05) is 0 Å². The molecule has 4 nitrogen and oxygen atoms in total. The van der Waals surface area contributed by atoms with Gasteiger partial charge in [-0.2, -0.15) is 0 Å². The van der Waals surface area contributed by atoms with Crippen LogP contribution < -0.4 is 4.74 Å². The summed E-state index contributed by atoms with van der Waals surface area (Å²) in [5, 5.41) is 19.6. The quantitative estimate of drug-likeness (QED) is 0.819. The maximum atomic E-state index is 9.57. The predicted octanol–water partition coefficient (Wildman–Crippen LogP) is 1.78. The minimum atomic E-state index is -0.697. The first-order valence-corrected chi connectivity index (χ1v) is 5.69. The van der Waals surface area contributed by atoms with Crippen LogP contribution in [0.25, 0.3) is 0 Å². The highest BCUT2D eigenvalue weighted by Gasteiger charge is 2.12. The first-order valence-electron chi connectivity index (χ1n) is 5.32. The molecule has 0 fully saturated rings. The van der Waals surface area contributed by atoms with E-state index in [-0.39, 0.29) is 13.2 Å². The van der Waals surface area contributed by atoms with Crippen LogP contribution >= 0.6 is 11.6 Å². The molecule has 1 aromatic carbocycles. The van der Waals surface area contributed by atoms with Gasteiger partial charge in [-0.15, -0.1) is 0 Å². The molecule has 0 saturated heterocycles. The standard InChI is InChI=1S/C12H17ClO4/c1-8(14)11-5-9(13)3-4-12(11)17-7-10(15)6-16-2/h3-5,8,10,14-15H,6-7H2,1-2H3. The van der Waals surface area contributed by atoms with Crippen LogP contribution in [0.15, 0.2) is 18.2 Å². The van der Waals surface area contributed by atoms with Gasteiger partial charge in [0.15, 0.2) is 0 Å². The fraction of sp³-hybridized carbons (Fsp3) is 0.500. The van der Waals surface area contributed by atoms with E-state index in [4.69, 9.17) is 21.1 Å². The summed E-state index contributed by atoms with van der Waals surface area (Å²) in [6.45, 7) is 1.94. The van der Waals surface area contributed by atoms with E-state index in [0.717, 1.165) is 0 Å². The van der Waals surface area contributed by atoms with E-state index in [1.54, 1.807) is 25.1 Å². The molecular formula is C12H17ClO4. The molecule has 2 N–H and O–H groups in total. The van der Waals surface area contributed by atoms with Gasteiger partial charge in [-0.1, -0.05) is 11.6 Å². The minimum absolute atomic E-state index is 0.106. The second-order valence-electron chi connectivity index (χ2n) is 3.78. The van der Waals surface area contributed by atoms with Gasteiger partial charge in [0.1, 0.15) is 18.5 Å². The van der Waals surface area contributed by atoms with Crippen molar-refractivity contribution in [3.8, 4) is 5.75 Å². The van der Waals surface area contributed by atoms with Gasteiger partial charge in [-0.3, -0.25) is 0 Å². The summed E-state index contributed by atoms with van der Waals surface area (Å²) in [4.78, 5) is 0. The Bertz CT molecular complexity index is 354. The number of benzene rings is 1. The lowest BCUT2D eigenvalue weighted by atomic mass is 10.1. The van der Waals surface area contributed by atoms with Gasteiger partial charge in [-0.05, 0) is 25.1 Å². The van der Waals surface area contributed by atoms with E-state index in [1.165, 1.54) is 7.11 Å². The van der Waals surface area contributed by atoms with Crippen molar-refractivity contribution >= 4 is 11.6 Å². The number of rotatable bonds is 6. The lowest BCUT2D eigenvalue weighted by molar-refractivity contribution is 0.0316. The van der Waals surface area contributed by atoms with Crippen molar-refractivity contribution < 1.29 is 19.7 Å². The summed E-state index contributed by atoms with van der Waals surface area (Å²) in [6, 6.07) is 4.99. The van der Waals surface area contributed by atoms with Crippen molar-refractivity contribution in [3.05, 3.63) is 28.8 Å². The van der Waals surface area contributed by atoms with Gasteiger partial charge in [0.05, 0.1) is 12.7 Å². The minimum Gasteiger partial charge on any atom is -0.490 e. The highest BCUT2D eigenvalue weighted by Crippen LogP contribution is 2.28. The molecule has 0 spiro atoms. The zero-order valence-electron chi connectivity index (χ0n) is 9.89. The fourth-order valence-electron chi connectivity index (χ4n) is 1.40. The van der Waals surface area contributed by atoms with E-state index >= 15 is 0 Å². The topological polar surface area (TPSA) is 58.9 Å². The average Bonchev–Trinajstić information content (AvgIpc) is 2.27. The third-order valence-electron chi connectivity index (χ3n) is 2.21. The van der Waals surface area contributed by atoms with Crippen LogP contribution in [0.3, 0.4) is 0 Å². The Balaban J connectivity index is 2.70. The molecule has 0 aromatic heterocycles. The number of aliphatic hydroxyl groups excluding tert-OH is 2. The Kier molecular flexibility index (Phi) is 5.71. The molecule has 5 heteroatoms. The SMILES string of the molecule is COCC(O)COc1ccc(Cl)cc1C(C)O. The molecule has 96 valence electrons. The first-order chi connectivity index (χ1) is 8.04. The van der Waals surface area contributed by atoms with Crippen molar-refractivity contribution in [1.29, 1.82) is 0 Å². The molecule has 0 radical (unpaired) electrons. The van der Waals surface area contributed by atoms with Crippen LogP contribution in [-0.2, 0) is 4.74 Å². The van der Waals surface area contributed by atoms with Gasteiger partial charge in [0, 0.05) is 17.7 Å². The van der Waals surface area contributed by atoms with Crippen molar-refractivity contribution in [2.24, 2.45) is 0 Å². The van der Waals surface area contributed by atoms with Crippen LogP contribution in [0, 0.1) is 0 Å². The maximum Gasteiger partial charge on any atom is 0.125 e. The van der Waals surface area contributed by atoms with Crippen LogP contribution in [-0.4, -0.2) is 36.6 Å². The molecule has 1 rings (SSSR count). The molecule has 0 aliphatic heterocycles. The summed E-state index contributed by atoms with van der Waals surface area (Å²) in [5.74, 6) is 0.513. The normalized spacial score (nSPS) is 14.4. The Morgan fingerprint density at radius 1 is 1.29 bits per heavy atom. The number of aliphatic hydroxyl groups is 2. The Morgan fingerprint density at radius 2 is 2.00 bits per heavy atom. The van der Waals surface area contributed by atoms with Crippen molar-refractivity contribution in [3.63, 3.8) is 0 Å². The monoisotopic (exact) mass is 260 g/mol. The van der Waals surface area contributed by atoms with Crippen molar-refractivity contribution in [2.45, 2.75) is 19.1 Å². The number of ether oxygens (including phenoxy) is 2. The Labute approximate surface area is 106 Å². The molecule has 0 aliphatic carbocycles. The van der Waals surface area contributed by atoms with Crippen molar-refractivity contribution in [1.82, 2.24) is 0 Å². The predicted molar refractivity (Wildman–Crippen MR) is 65.5 cm³/mol. The first kappa shape index (κ1) is 14.3. The summed E-state index contributed by atoms with van der Waals surface area (Å²) >= 11 is 5.84. The second kappa shape index (κ2) is 6.81. The number of hydrogen-bond acceptors (Lipinski definition) is 4. The van der Waals surface area contributed by atoms with Gasteiger partial charge in [0.25, 0.3) is 0 Å². The molecule has 0 heterocycles. The maximum absolute atomic E-state index is 9.57. The molecular weight excluding hydrogens is 244 g/mol. The molecule has 2 unspecified atom stereocenters. The number of methoxy groups -OCH3 is 1. The van der Waals surface area contributed by atoms with E-state index in [9.17, 15) is 10.2 Å². The summed E-state index contributed by atoms with van der Waals surface area (Å²) in [7, 11) is 1.51. The zero-order valence-corrected chi connectivity index (χ0v) is 10.6. The van der Waals surface area contributed by atoms with Gasteiger partial charge < -0.3 is 19.7 Å². The van der Waals surface area contributed by atoms with Crippen LogP contribution in [0.2, 0.25) is 5.02 Å². The molecule has 0 amide bonds. The highest BCUT2D eigenvalue weighted by molar-refractivity contribution is 6.30. The lowest BCUT2D eigenvalue weighted by Crippen LogP contribution is -2.23. The van der Waals surface area contributed by atoms with Gasteiger partial charge in [-0.25, -0.2) is 0 Å². The molecule has 0 saturated carbocycles. The average molecular weight is 261 g/mol. The van der Waals surface area contributed by atoms with E-state index in [2.05, 4.69) is 0 Å². The largest absolute Gasteiger partial charge is 0.490 e. The molecule has 0 aliphatic rings.